The van der Waals surface area contributed by atoms with Gasteiger partial charge in [0.05, 0.1) is 0 Å². The van der Waals surface area contributed by atoms with Crippen molar-refractivity contribution in [3.8, 4) is 0 Å². The molecule has 148 valence electrons. The summed E-state index contributed by atoms with van der Waals surface area (Å²) < 4.78 is 3.02. The van der Waals surface area contributed by atoms with Crippen molar-refractivity contribution in [3.05, 3.63) is 52.3 Å². The van der Waals surface area contributed by atoms with E-state index in [-0.39, 0.29) is 5.41 Å². The lowest BCUT2D eigenvalue weighted by Gasteiger charge is -2.38. The topological polar surface area (TPSA) is 49.6 Å². The molecule has 0 amide bonds. The summed E-state index contributed by atoms with van der Waals surface area (Å²) in [5.41, 5.74) is 2.07. The maximum atomic E-state index is 4.86. The molecule has 0 N–H and O–H groups in total. The van der Waals surface area contributed by atoms with Gasteiger partial charge in [-0.2, -0.15) is 4.52 Å². The van der Waals surface area contributed by atoms with E-state index in [4.69, 9.17) is 5.10 Å². The standard InChI is InChI=1S/C21H27BrN6/c1-15(16-5-7-17(22)8-6-16)26-11-13-27(14-12-26)19-10-9-18-23-24-20(21(2,3)4)28(18)25-19/h5-10,15H,11-14H2,1-4H3. The van der Waals surface area contributed by atoms with E-state index in [1.54, 1.807) is 0 Å². The Hall–Kier alpha value is -1.99. The molecule has 0 bridgehead atoms. The molecule has 1 atom stereocenters. The van der Waals surface area contributed by atoms with E-state index in [1.807, 2.05) is 10.6 Å². The fourth-order valence-electron chi connectivity index (χ4n) is 3.71. The molecule has 3 heterocycles. The van der Waals surface area contributed by atoms with E-state index in [2.05, 4.69) is 94.0 Å². The molecule has 1 aromatic carbocycles. The third kappa shape index (κ3) is 3.78. The minimum Gasteiger partial charge on any atom is -0.353 e. The van der Waals surface area contributed by atoms with Gasteiger partial charge in [0.15, 0.2) is 11.5 Å². The Bertz CT molecular complexity index is 951. The Balaban J connectivity index is 1.48. The van der Waals surface area contributed by atoms with Crippen LogP contribution in [0.2, 0.25) is 0 Å². The predicted octanol–water partition coefficient (Wildman–Crippen LogP) is 4.07. The maximum absolute atomic E-state index is 4.86. The monoisotopic (exact) mass is 442 g/mol. The highest BCUT2D eigenvalue weighted by atomic mass is 79.9. The minimum absolute atomic E-state index is 0.0934. The zero-order chi connectivity index (χ0) is 19.9. The molecule has 1 unspecified atom stereocenters. The van der Waals surface area contributed by atoms with Crippen molar-refractivity contribution in [2.24, 2.45) is 0 Å². The van der Waals surface area contributed by atoms with Crippen LogP contribution in [0, 0.1) is 0 Å². The summed E-state index contributed by atoms with van der Waals surface area (Å²) in [6, 6.07) is 13.1. The molecule has 28 heavy (non-hydrogen) atoms. The van der Waals surface area contributed by atoms with Gasteiger partial charge in [-0.1, -0.05) is 48.8 Å². The Morgan fingerprint density at radius 3 is 2.25 bits per heavy atom. The van der Waals surface area contributed by atoms with Crippen molar-refractivity contribution in [2.45, 2.75) is 39.2 Å². The highest BCUT2D eigenvalue weighted by Gasteiger charge is 2.25. The average Bonchev–Trinajstić information content (AvgIpc) is 3.12. The van der Waals surface area contributed by atoms with Gasteiger partial charge in [-0.15, -0.1) is 15.3 Å². The van der Waals surface area contributed by atoms with Gasteiger partial charge in [-0.25, -0.2) is 0 Å². The number of anilines is 1. The van der Waals surface area contributed by atoms with Crippen LogP contribution < -0.4 is 4.90 Å². The molecule has 3 aromatic rings. The summed E-state index contributed by atoms with van der Waals surface area (Å²) in [6.45, 7) is 12.7. The zero-order valence-electron chi connectivity index (χ0n) is 16.9. The van der Waals surface area contributed by atoms with Crippen LogP contribution in [0.5, 0.6) is 0 Å². The van der Waals surface area contributed by atoms with Gasteiger partial charge in [0.1, 0.15) is 5.82 Å². The molecule has 7 heteroatoms. The first kappa shape index (κ1) is 19.3. The molecule has 0 radical (unpaired) electrons. The van der Waals surface area contributed by atoms with Crippen LogP contribution >= 0.6 is 15.9 Å². The van der Waals surface area contributed by atoms with E-state index in [1.165, 1.54) is 5.56 Å². The SMILES string of the molecule is CC(c1ccc(Br)cc1)N1CCN(c2ccc3nnc(C(C)(C)C)n3n2)CC1. The second kappa shape index (κ2) is 7.44. The van der Waals surface area contributed by atoms with E-state index in [0.717, 1.165) is 47.9 Å². The van der Waals surface area contributed by atoms with Crippen LogP contribution in [-0.4, -0.2) is 50.9 Å². The zero-order valence-corrected chi connectivity index (χ0v) is 18.5. The molecular formula is C21H27BrN6. The van der Waals surface area contributed by atoms with E-state index >= 15 is 0 Å². The Morgan fingerprint density at radius 2 is 1.61 bits per heavy atom. The first-order valence-corrected chi connectivity index (χ1v) is 10.6. The minimum atomic E-state index is -0.0934. The van der Waals surface area contributed by atoms with Gasteiger partial charge in [-0.05, 0) is 36.8 Å². The molecule has 6 nitrogen and oxygen atoms in total. The Labute approximate surface area is 174 Å². The number of hydrogen-bond acceptors (Lipinski definition) is 5. The summed E-state index contributed by atoms with van der Waals surface area (Å²) in [4.78, 5) is 4.90. The number of rotatable bonds is 3. The lowest BCUT2D eigenvalue weighted by Crippen LogP contribution is -2.47. The quantitative estimate of drug-likeness (QED) is 0.611. The third-order valence-corrected chi connectivity index (χ3v) is 5.99. The van der Waals surface area contributed by atoms with Crippen LogP contribution in [0.1, 0.15) is 45.1 Å². The van der Waals surface area contributed by atoms with Gasteiger partial charge in [0, 0.05) is 42.1 Å². The first-order valence-electron chi connectivity index (χ1n) is 9.80. The molecule has 1 fully saturated rings. The van der Waals surface area contributed by atoms with E-state index < -0.39 is 0 Å². The first-order chi connectivity index (χ1) is 13.3. The summed E-state index contributed by atoms with van der Waals surface area (Å²) in [5.74, 6) is 1.89. The third-order valence-electron chi connectivity index (χ3n) is 5.46. The number of piperazine rings is 1. The van der Waals surface area contributed by atoms with Crippen molar-refractivity contribution >= 4 is 27.4 Å². The summed E-state index contributed by atoms with van der Waals surface area (Å²) >= 11 is 3.52. The van der Waals surface area contributed by atoms with Crippen molar-refractivity contribution in [2.75, 3.05) is 31.1 Å². The average molecular weight is 443 g/mol. The molecule has 4 rings (SSSR count). The Kier molecular flexibility index (Phi) is 5.14. The van der Waals surface area contributed by atoms with Crippen LogP contribution in [-0.2, 0) is 5.41 Å². The second-order valence-electron chi connectivity index (χ2n) is 8.49. The van der Waals surface area contributed by atoms with Gasteiger partial charge in [0.2, 0.25) is 0 Å². The van der Waals surface area contributed by atoms with Crippen molar-refractivity contribution in [1.29, 1.82) is 0 Å². The number of nitrogens with zero attached hydrogens (tertiary/aromatic N) is 6. The summed E-state index contributed by atoms with van der Waals surface area (Å²) in [7, 11) is 0. The lowest BCUT2D eigenvalue weighted by atomic mass is 9.96. The smallest absolute Gasteiger partial charge is 0.178 e. The van der Waals surface area contributed by atoms with Gasteiger partial charge >= 0.3 is 0 Å². The van der Waals surface area contributed by atoms with Gasteiger partial charge < -0.3 is 4.90 Å². The van der Waals surface area contributed by atoms with Crippen LogP contribution in [0.15, 0.2) is 40.9 Å². The van der Waals surface area contributed by atoms with Crippen molar-refractivity contribution in [1.82, 2.24) is 24.7 Å². The maximum Gasteiger partial charge on any atom is 0.178 e. The fourth-order valence-corrected chi connectivity index (χ4v) is 3.97. The largest absolute Gasteiger partial charge is 0.353 e. The van der Waals surface area contributed by atoms with Gasteiger partial charge in [0.25, 0.3) is 0 Å². The van der Waals surface area contributed by atoms with Crippen molar-refractivity contribution < 1.29 is 0 Å². The van der Waals surface area contributed by atoms with Crippen LogP contribution in [0.3, 0.4) is 0 Å². The number of hydrogen-bond donors (Lipinski definition) is 0. The number of halogens is 1. The normalized spacial score (nSPS) is 17.2. The Morgan fingerprint density at radius 1 is 0.929 bits per heavy atom. The predicted molar refractivity (Wildman–Crippen MR) is 116 cm³/mol. The van der Waals surface area contributed by atoms with Gasteiger partial charge in [-0.3, -0.25) is 4.90 Å². The molecular weight excluding hydrogens is 416 g/mol. The fraction of sp³-hybridized carbons (Fsp3) is 0.476. The number of benzene rings is 1. The molecule has 1 aliphatic heterocycles. The van der Waals surface area contributed by atoms with Crippen LogP contribution in [0.25, 0.3) is 5.65 Å². The van der Waals surface area contributed by atoms with E-state index in [9.17, 15) is 0 Å². The number of aromatic nitrogens is 4. The molecule has 2 aromatic heterocycles. The van der Waals surface area contributed by atoms with Crippen molar-refractivity contribution in [3.63, 3.8) is 0 Å². The lowest BCUT2D eigenvalue weighted by molar-refractivity contribution is 0.198. The molecule has 1 aliphatic rings. The highest BCUT2D eigenvalue weighted by Crippen LogP contribution is 2.25. The second-order valence-corrected chi connectivity index (χ2v) is 9.40. The summed E-state index contributed by atoms with van der Waals surface area (Å²) in [6.07, 6.45) is 0. The van der Waals surface area contributed by atoms with E-state index in [0.29, 0.717) is 6.04 Å². The molecule has 0 aliphatic carbocycles. The summed E-state index contributed by atoms with van der Waals surface area (Å²) in [5, 5.41) is 13.5. The highest BCUT2D eigenvalue weighted by molar-refractivity contribution is 9.10. The molecule has 1 saturated heterocycles. The number of fused-ring (bicyclic) bond motifs is 1. The molecule has 0 saturated carbocycles. The van der Waals surface area contributed by atoms with Crippen LogP contribution in [0.4, 0.5) is 5.82 Å². The molecule has 0 spiro atoms.